The molecule has 8 heteroatoms. The van der Waals surface area contributed by atoms with E-state index < -0.39 is 34.5 Å². The minimum atomic E-state index is -1.06. The van der Waals surface area contributed by atoms with Gasteiger partial charge in [0, 0.05) is 19.2 Å². The van der Waals surface area contributed by atoms with Crippen molar-refractivity contribution in [2.45, 2.75) is 12.2 Å². The van der Waals surface area contributed by atoms with E-state index in [1.807, 2.05) is 0 Å². The van der Waals surface area contributed by atoms with Crippen molar-refractivity contribution in [2.75, 3.05) is 13.1 Å². The number of hydrogen-bond acceptors (Lipinski definition) is 5. The summed E-state index contributed by atoms with van der Waals surface area (Å²) in [6.07, 6.45) is -2.13. The standard InChI is InChI=1S/C11H11FN2O5/c12-8-3-6(14(18)19)1-2-7(8)11(17)13-4-9(15)10(16)5-13/h1-3,9-10,15-16H,4-5H2. The monoisotopic (exact) mass is 270 g/mol. The summed E-state index contributed by atoms with van der Waals surface area (Å²) in [5, 5.41) is 29.1. The molecule has 0 aliphatic carbocycles. The zero-order valence-corrected chi connectivity index (χ0v) is 9.69. The number of nitro groups is 1. The summed E-state index contributed by atoms with van der Waals surface area (Å²) in [6, 6.07) is 2.71. The van der Waals surface area contributed by atoms with Crippen molar-refractivity contribution in [1.29, 1.82) is 0 Å². The Morgan fingerprint density at radius 3 is 2.42 bits per heavy atom. The van der Waals surface area contributed by atoms with Crippen LogP contribution in [0.5, 0.6) is 0 Å². The van der Waals surface area contributed by atoms with Gasteiger partial charge >= 0.3 is 0 Å². The third-order valence-electron chi connectivity index (χ3n) is 2.94. The fraction of sp³-hybridized carbons (Fsp3) is 0.364. The minimum absolute atomic E-state index is 0.101. The molecule has 1 aromatic carbocycles. The molecule has 2 atom stereocenters. The first kappa shape index (κ1) is 13.4. The van der Waals surface area contributed by atoms with Gasteiger partial charge in [-0.25, -0.2) is 4.39 Å². The number of non-ortho nitro benzene ring substituents is 1. The SMILES string of the molecule is O=C(c1ccc([N+](=O)[O-])cc1F)N1CC(O)C(O)C1. The van der Waals surface area contributed by atoms with Gasteiger partial charge in [-0.3, -0.25) is 14.9 Å². The number of likely N-dealkylation sites (tertiary alicyclic amines) is 1. The van der Waals surface area contributed by atoms with E-state index in [-0.39, 0.29) is 18.7 Å². The van der Waals surface area contributed by atoms with Gasteiger partial charge in [0.15, 0.2) is 0 Å². The number of aliphatic hydroxyl groups excluding tert-OH is 2. The molecule has 7 nitrogen and oxygen atoms in total. The molecule has 1 saturated heterocycles. The Morgan fingerprint density at radius 1 is 1.37 bits per heavy atom. The van der Waals surface area contributed by atoms with E-state index in [1.165, 1.54) is 0 Å². The van der Waals surface area contributed by atoms with Crippen LogP contribution in [0.3, 0.4) is 0 Å². The van der Waals surface area contributed by atoms with Gasteiger partial charge in [0.25, 0.3) is 11.6 Å². The molecule has 2 rings (SSSR count). The molecule has 2 unspecified atom stereocenters. The molecular formula is C11H11FN2O5. The number of amides is 1. The molecule has 2 N–H and O–H groups in total. The van der Waals surface area contributed by atoms with Crippen molar-refractivity contribution >= 4 is 11.6 Å². The Bertz CT molecular complexity index is 526. The van der Waals surface area contributed by atoms with E-state index in [4.69, 9.17) is 0 Å². The molecule has 0 bridgehead atoms. The van der Waals surface area contributed by atoms with E-state index >= 15 is 0 Å². The molecule has 102 valence electrons. The lowest BCUT2D eigenvalue weighted by Crippen LogP contribution is -2.30. The third-order valence-corrected chi connectivity index (χ3v) is 2.94. The molecule has 0 radical (unpaired) electrons. The predicted octanol–water partition coefficient (Wildman–Crippen LogP) is -0.0885. The average molecular weight is 270 g/mol. The van der Waals surface area contributed by atoms with E-state index in [1.54, 1.807) is 0 Å². The van der Waals surface area contributed by atoms with Crippen LogP contribution in [0.2, 0.25) is 0 Å². The van der Waals surface area contributed by atoms with Crippen LogP contribution in [-0.4, -0.2) is 51.2 Å². The summed E-state index contributed by atoms with van der Waals surface area (Å²) in [7, 11) is 0. The van der Waals surface area contributed by atoms with Crippen LogP contribution >= 0.6 is 0 Å². The van der Waals surface area contributed by atoms with Crippen molar-refractivity contribution < 1.29 is 24.3 Å². The summed E-state index contributed by atoms with van der Waals surface area (Å²) in [6.45, 7) is -0.202. The third kappa shape index (κ3) is 2.54. The van der Waals surface area contributed by atoms with Crippen LogP contribution in [0.25, 0.3) is 0 Å². The molecule has 1 aromatic rings. The fourth-order valence-corrected chi connectivity index (χ4v) is 1.90. The summed E-state index contributed by atoms with van der Waals surface area (Å²) in [4.78, 5) is 22.7. The summed E-state index contributed by atoms with van der Waals surface area (Å²) < 4.78 is 13.6. The zero-order chi connectivity index (χ0) is 14.2. The van der Waals surface area contributed by atoms with E-state index in [0.29, 0.717) is 6.07 Å². The number of halogens is 1. The molecule has 1 amide bonds. The van der Waals surface area contributed by atoms with E-state index in [9.17, 15) is 29.5 Å². The van der Waals surface area contributed by atoms with E-state index in [2.05, 4.69) is 0 Å². The van der Waals surface area contributed by atoms with Crippen molar-refractivity contribution in [3.63, 3.8) is 0 Å². The second kappa shape index (κ2) is 4.90. The van der Waals surface area contributed by atoms with Gasteiger partial charge in [0.1, 0.15) is 5.82 Å². The number of aliphatic hydroxyl groups is 2. The predicted molar refractivity (Wildman–Crippen MR) is 61.0 cm³/mol. The summed E-state index contributed by atoms with van der Waals surface area (Å²) in [5.74, 6) is -1.72. The second-order valence-corrected chi connectivity index (χ2v) is 4.27. The summed E-state index contributed by atoms with van der Waals surface area (Å²) in [5.41, 5.74) is -0.776. The molecule has 1 fully saturated rings. The van der Waals surface area contributed by atoms with Gasteiger partial charge in [-0.05, 0) is 6.07 Å². The average Bonchev–Trinajstić information content (AvgIpc) is 2.68. The lowest BCUT2D eigenvalue weighted by Gasteiger charge is -2.15. The zero-order valence-electron chi connectivity index (χ0n) is 9.69. The smallest absolute Gasteiger partial charge is 0.272 e. The topological polar surface area (TPSA) is 104 Å². The maximum atomic E-state index is 13.6. The molecule has 19 heavy (non-hydrogen) atoms. The molecule has 1 aliphatic rings. The first-order chi connectivity index (χ1) is 8.90. The van der Waals surface area contributed by atoms with Gasteiger partial charge in [0.2, 0.25) is 0 Å². The Balaban J connectivity index is 2.23. The largest absolute Gasteiger partial charge is 0.388 e. The Hall–Kier alpha value is -2.06. The summed E-state index contributed by atoms with van der Waals surface area (Å²) >= 11 is 0. The second-order valence-electron chi connectivity index (χ2n) is 4.27. The first-order valence-electron chi connectivity index (χ1n) is 5.49. The number of rotatable bonds is 2. The van der Waals surface area contributed by atoms with Gasteiger partial charge in [-0.1, -0.05) is 0 Å². The lowest BCUT2D eigenvalue weighted by molar-refractivity contribution is -0.385. The highest BCUT2D eigenvalue weighted by molar-refractivity contribution is 5.95. The molecule has 0 saturated carbocycles. The van der Waals surface area contributed by atoms with Crippen LogP contribution in [0.15, 0.2) is 18.2 Å². The Kier molecular flexibility index (Phi) is 3.45. The first-order valence-corrected chi connectivity index (χ1v) is 5.49. The van der Waals surface area contributed by atoms with Gasteiger partial charge in [-0.2, -0.15) is 0 Å². The van der Waals surface area contributed by atoms with Crippen molar-refractivity contribution in [1.82, 2.24) is 4.90 Å². The number of hydrogen-bond donors (Lipinski definition) is 2. The number of carbonyl (C=O) groups excluding carboxylic acids is 1. The van der Waals surface area contributed by atoms with Crippen molar-refractivity contribution in [3.05, 3.63) is 39.7 Å². The molecule has 1 aliphatic heterocycles. The maximum Gasteiger partial charge on any atom is 0.272 e. The highest BCUT2D eigenvalue weighted by atomic mass is 19.1. The van der Waals surface area contributed by atoms with Crippen LogP contribution in [0.1, 0.15) is 10.4 Å². The number of β-amino-alcohol motifs (C(OH)–C–C–N with tert-alkyl or cyclic N) is 2. The molecule has 0 spiro atoms. The number of benzene rings is 1. The number of carbonyl (C=O) groups is 1. The molecular weight excluding hydrogens is 259 g/mol. The van der Waals surface area contributed by atoms with E-state index in [0.717, 1.165) is 17.0 Å². The Morgan fingerprint density at radius 2 is 1.95 bits per heavy atom. The van der Waals surface area contributed by atoms with Crippen LogP contribution in [-0.2, 0) is 0 Å². The quantitative estimate of drug-likeness (QED) is 0.577. The number of nitrogens with zero attached hydrogens (tertiary/aromatic N) is 2. The number of nitro benzene ring substituents is 1. The van der Waals surface area contributed by atoms with Crippen molar-refractivity contribution in [3.8, 4) is 0 Å². The van der Waals surface area contributed by atoms with Gasteiger partial charge in [0.05, 0.1) is 28.8 Å². The molecule has 0 aromatic heterocycles. The van der Waals surface area contributed by atoms with Crippen LogP contribution < -0.4 is 0 Å². The minimum Gasteiger partial charge on any atom is -0.388 e. The highest BCUT2D eigenvalue weighted by Crippen LogP contribution is 2.20. The highest BCUT2D eigenvalue weighted by Gasteiger charge is 2.34. The van der Waals surface area contributed by atoms with Crippen LogP contribution in [0, 0.1) is 15.9 Å². The Labute approximate surface area is 107 Å². The molecule has 1 heterocycles. The fourth-order valence-electron chi connectivity index (χ4n) is 1.90. The van der Waals surface area contributed by atoms with Crippen molar-refractivity contribution in [2.24, 2.45) is 0 Å². The lowest BCUT2D eigenvalue weighted by atomic mass is 10.1. The maximum absolute atomic E-state index is 13.6. The van der Waals surface area contributed by atoms with Gasteiger partial charge in [-0.15, -0.1) is 0 Å². The van der Waals surface area contributed by atoms with Crippen LogP contribution in [0.4, 0.5) is 10.1 Å². The normalized spacial score (nSPS) is 22.6. The van der Waals surface area contributed by atoms with Gasteiger partial charge < -0.3 is 15.1 Å².